The van der Waals surface area contributed by atoms with Crippen LogP contribution in [-0.4, -0.2) is 28.7 Å². The predicted octanol–water partition coefficient (Wildman–Crippen LogP) is 2.85. The van der Waals surface area contributed by atoms with Gasteiger partial charge in [0.2, 0.25) is 5.91 Å². The maximum absolute atomic E-state index is 12.1. The molecule has 0 atom stereocenters. The zero-order valence-electron chi connectivity index (χ0n) is 13.8. The standard InChI is InChI=1S/C17H21N3O3S/c1-3-4-7-12-10-15(21)20-17(18-12)24-11-16(22)19-13-8-5-6-9-14(13)23-2/h5-6,8-10H,3-4,7,11H2,1-2H3,(H,19,22)(H,18,20,21). The number of nitrogens with zero attached hydrogens (tertiary/aromatic N) is 1. The van der Waals surface area contributed by atoms with Gasteiger partial charge in [-0.25, -0.2) is 4.98 Å². The summed E-state index contributed by atoms with van der Waals surface area (Å²) in [5.41, 5.74) is 1.18. The number of carbonyl (C=O) groups is 1. The molecule has 0 unspecified atom stereocenters. The van der Waals surface area contributed by atoms with Crippen molar-refractivity contribution >= 4 is 23.4 Å². The number of aromatic amines is 1. The molecule has 0 spiro atoms. The number of carbonyl (C=O) groups excluding carboxylic acids is 1. The van der Waals surface area contributed by atoms with Crippen LogP contribution in [0.2, 0.25) is 0 Å². The number of benzene rings is 1. The fraction of sp³-hybridized carbons (Fsp3) is 0.353. The fourth-order valence-electron chi connectivity index (χ4n) is 2.11. The van der Waals surface area contributed by atoms with Gasteiger partial charge < -0.3 is 15.0 Å². The van der Waals surface area contributed by atoms with E-state index in [1.54, 1.807) is 19.2 Å². The Balaban J connectivity index is 1.96. The molecule has 24 heavy (non-hydrogen) atoms. The van der Waals surface area contributed by atoms with Gasteiger partial charge in [0.05, 0.1) is 18.6 Å². The molecule has 0 aliphatic carbocycles. The minimum atomic E-state index is -0.191. The van der Waals surface area contributed by atoms with Gasteiger partial charge in [-0.05, 0) is 25.0 Å². The van der Waals surface area contributed by atoms with Crippen molar-refractivity contribution in [2.75, 3.05) is 18.2 Å². The van der Waals surface area contributed by atoms with Crippen molar-refractivity contribution in [3.63, 3.8) is 0 Å². The van der Waals surface area contributed by atoms with Crippen LogP contribution in [0.15, 0.2) is 40.3 Å². The molecular weight excluding hydrogens is 326 g/mol. The minimum Gasteiger partial charge on any atom is -0.495 e. The molecule has 1 heterocycles. The number of unbranched alkanes of at least 4 members (excludes halogenated alkanes) is 1. The van der Waals surface area contributed by atoms with Crippen molar-refractivity contribution in [2.45, 2.75) is 31.3 Å². The van der Waals surface area contributed by atoms with Crippen LogP contribution in [0.1, 0.15) is 25.5 Å². The van der Waals surface area contributed by atoms with Crippen molar-refractivity contribution < 1.29 is 9.53 Å². The number of hydrogen-bond acceptors (Lipinski definition) is 5. The third kappa shape index (κ3) is 5.42. The Kier molecular flexibility index (Phi) is 6.87. The Morgan fingerprint density at radius 3 is 2.92 bits per heavy atom. The Bertz CT molecular complexity index is 746. The summed E-state index contributed by atoms with van der Waals surface area (Å²) in [7, 11) is 1.55. The summed E-state index contributed by atoms with van der Waals surface area (Å²) in [6.07, 6.45) is 2.79. The van der Waals surface area contributed by atoms with E-state index < -0.39 is 0 Å². The number of nitrogens with one attached hydrogen (secondary N) is 2. The quantitative estimate of drug-likeness (QED) is 0.567. The van der Waals surface area contributed by atoms with E-state index in [-0.39, 0.29) is 17.2 Å². The first-order chi connectivity index (χ1) is 11.6. The number of aryl methyl sites for hydroxylation is 1. The second kappa shape index (κ2) is 9.12. The third-order valence-corrected chi connectivity index (χ3v) is 4.15. The van der Waals surface area contributed by atoms with Crippen LogP contribution < -0.4 is 15.6 Å². The smallest absolute Gasteiger partial charge is 0.251 e. The van der Waals surface area contributed by atoms with Gasteiger partial charge in [-0.2, -0.15) is 0 Å². The molecule has 0 aliphatic heterocycles. The number of H-pyrrole nitrogens is 1. The highest BCUT2D eigenvalue weighted by molar-refractivity contribution is 7.99. The van der Waals surface area contributed by atoms with Gasteiger partial charge in [-0.15, -0.1) is 0 Å². The summed E-state index contributed by atoms with van der Waals surface area (Å²) in [6, 6.07) is 8.71. The van der Waals surface area contributed by atoms with E-state index >= 15 is 0 Å². The number of ether oxygens (including phenoxy) is 1. The van der Waals surface area contributed by atoms with E-state index in [1.807, 2.05) is 12.1 Å². The number of amides is 1. The van der Waals surface area contributed by atoms with E-state index in [9.17, 15) is 9.59 Å². The van der Waals surface area contributed by atoms with Crippen LogP contribution in [0.25, 0.3) is 0 Å². The highest BCUT2D eigenvalue weighted by atomic mass is 32.2. The highest BCUT2D eigenvalue weighted by Crippen LogP contribution is 2.23. The molecule has 6 nitrogen and oxygen atoms in total. The van der Waals surface area contributed by atoms with Gasteiger partial charge >= 0.3 is 0 Å². The molecule has 0 aliphatic rings. The average Bonchev–Trinajstić information content (AvgIpc) is 2.58. The zero-order valence-corrected chi connectivity index (χ0v) is 14.6. The molecular formula is C17H21N3O3S. The monoisotopic (exact) mass is 347 g/mol. The summed E-state index contributed by atoms with van der Waals surface area (Å²) in [5.74, 6) is 0.563. The first-order valence-corrected chi connectivity index (χ1v) is 8.77. The van der Waals surface area contributed by atoms with E-state index in [4.69, 9.17) is 4.74 Å². The maximum atomic E-state index is 12.1. The Hall–Kier alpha value is -2.28. The lowest BCUT2D eigenvalue weighted by molar-refractivity contribution is -0.113. The molecule has 0 fully saturated rings. The number of hydrogen-bond donors (Lipinski definition) is 2. The molecule has 2 N–H and O–H groups in total. The summed E-state index contributed by atoms with van der Waals surface area (Å²) in [4.78, 5) is 30.8. The molecule has 7 heteroatoms. The van der Waals surface area contributed by atoms with Gasteiger partial charge in [0, 0.05) is 11.8 Å². The Morgan fingerprint density at radius 2 is 2.17 bits per heavy atom. The van der Waals surface area contributed by atoms with Gasteiger partial charge in [-0.3, -0.25) is 9.59 Å². The second-order valence-electron chi connectivity index (χ2n) is 5.18. The van der Waals surface area contributed by atoms with Crippen molar-refractivity contribution in [3.05, 3.63) is 46.4 Å². The highest BCUT2D eigenvalue weighted by Gasteiger charge is 2.09. The van der Waals surface area contributed by atoms with Gasteiger partial charge in [0.15, 0.2) is 5.16 Å². The normalized spacial score (nSPS) is 10.4. The van der Waals surface area contributed by atoms with E-state index in [0.717, 1.165) is 25.0 Å². The van der Waals surface area contributed by atoms with Gasteiger partial charge in [-0.1, -0.05) is 37.2 Å². The summed E-state index contributed by atoms with van der Waals surface area (Å²) < 4.78 is 5.20. The van der Waals surface area contributed by atoms with Gasteiger partial charge in [0.25, 0.3) is 5.56 Å². The Morgan fingerprint density at radius 1 is 1.38 bits per heavy atom. The number of para-hydroxylation sites is 2. The molecule has 2 rings (SSSR count). The molecule has 0 saturated heterocycles. The van der Waals surface area contributed by atoms with Crippen molar-refractivity contribution in [2.24, 2.45) is 0 Å². The Labute approximate surface area is 145 Å². The van der Waals surface area contributed by atoms with E-state index in [0.29, 0.717) is 16.6 Å². The number of anilines is 1. The predicted molar refractivity (Wildman–Crippen MR) is 95.8 cm³/mol. The van der Waals surface area contributed by atoms with Gasteiger partial charge in [0.1, 0.15) is 5.75 Å². The second-order valence-corrected chi connectivity index (χ2v) is 6.15. The van der Waals surface area contributed by atoms with Crippen molar-refractivity contribution in [1.29, 1.82) is 0 Å². The SMILES string of the molecule is CCCCc1cc(=O)[nH]c(SCC(=O)Nc2ccccc2OC)n1. The largest absolute Gasteiger partial charge is 0.495 e. The molecule has 0 radical (unpaired) electrons. The lowest BCUT2D eigenvalue weighted by atomic mass is 10.2. The molecule has 128 valence electrons. The molecule has 1 amide bonds. The zero-order chi connectivity index (χ0) is 17.4. The number of rotatable bonds is 8. The first kappa shape index (κ1) is 18.1. The molecule has 0 saturated carbocycles. The summed E-state index contributed by atoms with van der Waals surface area (Å²) in [5, 5.41) is 3.25. The van der Waals surface area contributed by atoms with Crippen LogP contribution in [0.4, 0.5) is 5.69 Å². The molecule has 1 aromatic heterocycles. The summed E-state index contributed by atoms with van der Waals surface area (Å²) in [6.45, 7) is 2.09. The average molecular weight is 347 g/mol. The van der Waals surface area contributed by atoms with Crippen LogP contribution in [-0.2, 0) is 11.2 Å². The van der Waals surface area contributed by atoms with E-state index in [1.165, 1.54) is 17.8 Å². The van der Waals surface area contributed by atoms with Crippen LogP contribution in [0.3, 0.4) is 0 Å². The molecule has 0 bridgehead atoms. The summed E-state index contributed by atoms with van der Waals surface area (Å²) >= 11 is 1.20. The minimum absolute atomic E-state index is 0.151. The lowest BCUT2D eigenvalue weighted by Gasteiger charge is -2.09. The van der Waals surface area contributed by atoms with Crippen LogP contribution >= 0.6 is 11.8 Å². The van der Waals surface area contributed by atoms with Crippen LogP contribution in [0.5, 0.6) is 5.75 Å². The van der Waals surface area contributed by atoms with Crippen LogP contribution in [0, 0.1) is 0 Å². The first-order valence-electron chi connectivity index (χ1n) is 7.78. The van der Waals surface area contributed by atoms with E-state index in [2.05, 4.69) is 22.2 Å². The van der Waals surface area contributed by atoms with Crippen molar-refractivity contribution in [1.82, 2.24) is 9.97 Å². The molecule has 2 aromatic rings. The fourth-order valence-corrected chi connectivity index (χ4v) is 2.80. The maximum Gasteiger partial charge on any atom is 0.251 e. The lowest BCUT2D eigenvalue weighted by Crippen LogP contribution is -2.16. The number of aromatic nitrogens is 2. The van der Waals surface area contributed by atoms with Crippen molar-refractivity contribution in [3.8, 4) is 5.75 Å². The number of thioether (sulfide) groups is 1. The topological polar surface area (TPSA) is 84.1 Å². The third-order valence-electron chi connectivity index (χ3n) is 3.28. The number of methoxy groups -OCH3 is 1. The molecule has 1 aromatic carbocycles.